The van der Waals surface area contributed by atoms with Gasteiger partial charge < -0.3 is 20.1 Å². The van der Waals surface area contributed by atoms with Gasteiger partial charge >= 0.3 is 0 Å². The van der Waals surface area contributed by atoms with Crippen molar-refractivity contribution in [3.63, 3.8) is 0 Å². The molecule has 1 aliphatic heterocycles. The molecule has 1 aliphatic rings. The largest absolute Gasteiger partial charge is 0.394 e. The fourth-order valence-corrected chi connectivity index (χ4v) is 1.91. The summed E-state index contributed by atoms with van der Waals surface area (Å²) in [4.78, 5) is 0. The van der Waals surface area contributed by atoms with E-state index in [-0.39, 0.29) is 0 Å². The van der Waals surface area contributed by atoms with Crippen molar-refractivity contribution in [1.82, 2.24) is 0 Å². The number of aliphatic hydroxyl groups excluding tert-OH is 3. The van der Waals surface area contributed by atoms with Crippen molar-refractivity contribution in [3.05, 3.63) is 0 Å². The topological polar surface area (TPSA) is 124 Å². The molecule has 0 radical (unpaired) electrons. The van der Waals surface area contributed by atoms with E-state index in [0.717, 1.165) is 0 Å². The first-order chi connectivity index (χ1) is 5.88. The lowest BCUT2D eigenvalue weighted by molar-refractivity contribution is -0.00940. The minimum absolute atomic E-state index is 0.635. The van der Waals surface area contributed by atoms with E-state index >= 15 is 0 Å². The summed E-state index contributed by atoms with van der Waals surface area (Å²) >= 11 is 0. The molecule has 4 N–H and O–H groups in total. The Kier molecular flexibility index (Phi) is 2.90. The van der Waals surface area contributed by atoms with E-state index < -0.39 is 40.5 Å². The Morgan fingerprint density at radius 3 is 2.00 bits per heavy atom. The average molecular weight is 214 g/mol. The summed E-state index contributed by atoms with van der Waals surface area (Å²) in [6, 6.07) is 0. The van der Waals surface area contributed by atoms with E-state index in [2.05, 4.69) is 4.74 Å². The summed E-state index contributed by atoms with van der Waals surface area (Å²) in [5, 5.41) is 26.7. The molecule has 4 atom stereocenters. The molecule has 0 spiro atoms. The van der Waals surface area contributed by atoms with Gasteiger partial charge in [-0.25, -0.2) is 0 Å². The highest BCUT2D eigenvalue weighted by Gasteiger charge is 2.48. The predicted octanol–water partition coefficient (Wildman–Crippen LogP) is -2.69. The number of hydrogen-bond acceptors (Lipinski definition) is 6. The highest BCUT2D eigenvalue weighted by molar-refractivity contribution is 7.86. The zero-order valence-corrected chi connectivity index (χ0v) is 7.25. The number of aliphatic hydroxyl groups is 3. The normalized spacial score (nSPS) is 40.9. The Labute approximate surface area is 74.3 Å². The Morgan fingerprint density at radius 1 is 1.23 bits per heavy atom. The maximum atomic E-state index is 10.5. The van der Waals surface area contributed by atoms with Crippen molar-refractivity contribution in [3.8, 4) is 0 Å². The summed E-state index contributed by atoms with van der Waals surface area (Å²) in [5.41, 5.74) is -1.89. The van der Waals surface area contributed by atoms with Crippen LogP contribution in [0.25, 0.3) is 0 Å². The van der Waals surface area contributed by atoms with Crippen molar-refractivity contribution in [2.75, 3.05) is 6.61 Å². The molecule has 0 aromatic rings. The third-order valence-electron chi connectivity index (χ3n) is 1.79. The molecule has 0 saturated carbocycles. The van der Waals surface area contributed by atoms with Gasteiger partial charge in [0.05, 0.1) is 6.61 Å². The van der Waals surface area contributed by atoms with Crippen LogP contribution in [-0.2, 0) is 14.9 Å². The monoisotopic (exact) mass is 214 g/mol. The first-order valence-electron chi connectivity index (χ1n) is 3.46. The smallest absolute Gasteiger partial charge is 0.295 e. The Balaban J connectivity index is 2.84. The second-order valence-electron chi connectivity index (χ2n) is 2.72. The zero-order valence-electron chi connectivity index (χ0n) is 6.44. The maximum absolute atomic E-state index is 10.5. The van der Waals surface area contributed by atoms with E-state index in [1.807, 2.05) is 0 Å². The SMILES string of the molecule is O=S(=O)(O)C1O[C@H](CO)[C@@H](O)[C@H]1O. The quantitative estimate of drug-likeness (QED) is 0.369. The molecular formula is C5H10O7S. The van der Waals surface area contributed by atoms with Crippen LogP contribution >= 0.6 is 0 Å². The van der Waals surface area contributed by atoms with Crippen LogP contribution in [0.4, 0.5) is 0 Å². The van der Waals surface area contributed by atoms with Crippen molar-refractivity contribution >= 4 is 10.1 Å². The van der Waals surface area contributed by atoms with E-state index in [0.29, 0.717) is 0 Å². The molecule has 1 heterocycles. The second kappa shape index (κ2) is 3.48. The van der Waals surface area contributed by atoms with Crippen LogP contribution in [0.2, 0.25) is 0 Å². The van der Waals surface area contributed by atoms with Gasteiger partial charge in [-0.1, -0.05) is 0 Å². The Morgan fingerprint density at radius 2 is 1.77 bits per heavy atom. The Hall–Kier alpha value is -0.250. The predicted molar refractivity (Wildman–Crippen MR) is 39.3 cm³/mol. The van der Waals surface area contributed by atoms with Crippen molar-refractivity contribution in [2.24, 2.45) is 0 Å². The second-order valence-corrected chi connectivity index (χ2v) is 4.22. The lowest BCUT2D eigenvalue weighted by Crippen LogP contribution is -2.36. The minimum atomic E-state index is -4.57. The van der Waals surface area contributed by atoms with Gasteiger partial charge in [0.1, 0.15) is 18.3 Å². The highest BCUT2D eigenvalue weighted by atomic mass is 32.2. The molecule has 0 aromatic heterocycles. The van der Waals surface area contributed by atoms with Crippen LogP contribution in [0.15, 0.2) is 0 Å². The van der Waals surface area contributed by atoms with E-state index in [4.69, 9.17) is 19.9 Å². The molecule has 0 aromatic carbocycles. The van der Waals surface area contributed by atoms with Crippen molar-refractivity contribution in [1.29, 1.82) is 0 Å². The van der Waals surface area contributed by atoms with Gasteiger partial charge in [-0.3, -0.25) is 4.55 Å². The Bertz CT molecular complexity index is 273. The van der Waals surface area contributed by atoms with Gasteiger partial charge in [0.25, 0.3) is 10.1 Å². The fraction of sp³-hybridized carbons (Fsp3) is 1.00. The minimum Gasteiger partial charge on any atom is -0.394 e. The first-order valence-corrected chi connectivity index (χ1v) is 4.97. The lowest BCUT2D eigenvalue weighted by atomic mass is 10.2. The third-order valence-corrected chi connectivity index (χ3v) is 2.77. The fourth-order valence-electron chi connectivity index (χ4n) is 1.11. The van der Waals surface area contributed by atoms with Crippen molar-refractivity contribution < 1.29 is 33.0 Å². The van der Waals surface area contributed by atoms with E-state index in [1.54, 1.807) is 0 Å². The third kappa shape index (κ3) is 1.98. The number of hydrogen-bond donors (Lipinski definition) is 4. The molecule has 1 rings (SSSR count). The molecule has 7 nitrogen and oxygen atoms in total. The van der Waals surface area contributed by atoms with E-state index in [9.17, 15) is 8.42 Å². The number of rotatable bonds is 2. The summed E-state index contributed by atoms with van der Waals surface area (Å²) in [5.74, 6) is 0. The summed E-state index contributed by atoms with van der Waals surface area (Å²) < 4.78 is 34.1. The molecule has 0 bridgehead atoms. The molecular weight excluding hydrogens is 204 g/mol. The highest BCUT2D eigenvalue weighted by Crippen LogP contribution is 2.24. The molecule has 13 heavy (non-hydrogen) atoms. The summed E-state index contributed by atoms with van der Waals surface area (Å²) in [6.07, 6.45) is -4.45. The van der Waals surface area contributed by atoms with Gasteiger partial charge in [0, 0.05) is 0 Å². The number of ether oxygens (including phenoxy) is 1. The van der Waals surface area contributed by atoms with Crippen LogP contribution in [-0.4, -0.2) is 58.6 Å². The lowest BCUT2D eigenvalue weighted by Gasteiger charge is -2.10. The summed E-state index contributed by atoms with van der Waals surface area (Å²) in [7, 11) is -4.57. The van der Waals surface area contributed by atoms with Gasteiger partial charge in [0.2, 0.25) is 5.44 Å². The summed E-state index contributed by atoms with van der Waals surface area (Å²) in [6.45, 7) is -0.635. The van der Waals surface area contributed by atoms with Gasteiger partial charge in [-0.15, -0.1) is 0 Å². The first kappa shape index (κ1) is 10.8. The van der Waals surface area contributed by atoms with Crippen molar-refractivity contribution in [2.45, 2.75) is 23.7 Å². The molecule has 0 amide bonds. The standard InChI is InChI=1S/C5H10O7S/c6-1-2-3(7)4(8)5(12-2)13(9,10)11/h2-8H,1H2,(H,9,10,11)/t2-,3-,4-,5?/m1/s1. The van der Waals surface area contributed by atoms with Crippen LogP contribution in [0, 0.1) is 0 Å². The van der Waals surface area contributed by atoms with Crippen LogP contribution in [0.3, 0.4) is 0 Å². The molecule has 8 heteroatoms. The average Bonchev–Trinajstić information content (AvgIpc) is 2.28. The van der Waals surface area contributed by atoms with Gasteiger partial charge in [-0.2, -0.15) is 8.42 Å². The van der Waals surface area contributed by atoms with Gasteiger partial charge in [-0.05, 0) is 0 Å². The van der Waals surface area contributed by atoms with Gasteiger partial charge in [0.15, 0.2) is 0 Å². The molecule has 78 valence electrons. The van der Waals surface area contributed by atoms with E-state index in [1.165, 1.54) is 0 Å². The molecule has 1 fully saturated rings. The van der Waals surface area contributed by atoms with Crippen LogP contribution < -0.4 is 0 Å². The van der Waals surface area contributed by atoms with Crippen LogP contribution in [0.5, 0.6) is 0 Å². The molecule has 0 aliphatic carbocycles. The maximum Gasteiger partial charge on any atom is 0.295 e. The van der Waals surface area contributed by atoms with Crippen LogP contribution in [0.1, 0.15) is 0 Å². The molecule has 1 unspecified atom stereocenters. The molecule has 1 saturated heterocycles. The zero-order chi connectivity index (χ0) is 10.2.